The fourth-order valence-electron chi connectivity index (χ4n) is 3.96. The van der Waals surface area contributed by atoms with Gasteiger partial charge in [-0.05, 0) is 32.2 Å². The van der Waals surface area contributed by atoms with Crippen molar-refractivity contribution in [1.82, 2.24) is 19.9 Å². The number of aliphatic hydroxyl groups excluding tert-OH is 1. The van der Waals surface area contributed by atoms with Crippen molar-refractivity contribution in [3.05, 3.63) is 11.7 Å². The molecule has 0 unspecified atom stereocenters. The van der Waals surface area contributed by atoms with E-state index < -0.39 is 5.91 Å². The van der Waals surface area contributed by atoms with Gasteiger partial charge in [-0.1, -0.05) is 5.16 Å². The molecule has 1 atom stereocenters. The largest absolute Gasteiger partial charge is 0.396 e. The van der Waals surface area contributed by atoms with Gasteiger partial charge in [-0.2, -0.15) is 4.98 Å². The van der Waals surface area contributed by atoms with Crippen LogP contribution in [0.5, 0.6) is 0 Å². The molecule has 0 aromatic carbocycles. The maximum Gasteiger partial charge on any atom is 0.290 e. The normalized spacial score (nSPS) is 24.8. The molecule has 1 spiro atoms. The summed E-state index contributed by atoms with van der Waals surface area (Å²) in [6.07, 6.45) is 4.19. The number of primary amides is 1. The zero-order valence-electron chi connectivity index (χ0n) is 14.3. The van der Waals surface area contributed by atoms with Crippen LogP contribution in [-0.2, 0) is 11.3 Å². The molecule has 3 rings (SSSR count). The van der Waals surface area contributed by atoms with Gasteiger partial charge >= 0.3 is 0 Å². The molecular formula is C16H25N5O4. The van der Waals surface area contributed by atoms with Gasteiger partial charge < -0.3 is 20.3 Å². The molecule has 138 valence electrons. The number of hydrogen-bond acceptors (Lipinski definition) is 7. The van der Waals surface area contributed by atoms with Crippen LogP contribution >= 0.6 is 0 Å². The van der Waals surface area contributed by atoms with E-state index in [9.17, 15) is 9.59 Å². The number of rotatable bonds is 6. The van der Waals surface area contributed by atoms with Crippen LogP contribution in [0, 0.1) is 5.41 Å². The summed E-state index contributed by atoms with van der Waals surface area (Å²) in [5.41, 5.74) is 5.22. The summed E-state index contributed by atoms with van der Waals surface area (Å²) in [7, 11) is 0. The number of aliphatic hydroxyl groups is 1. The topological polar surface area (TPSA) is 126 Å². The van der Waals surface area contributed by atoms with E-state index in [4.69, 9.17) is 15.4 Å². The first-order chi connectivity index (χ1) is 12.0. The van der Waals surface area contributed by atoms with E-state index in [1.807, 2.05) is 4.90 Å². The van der Waals surface area contributed by atoms with Gasteiger partial charge in [-0.3, -0.25) is 14.5 Å². The highest BCUT2D eigenvalue weighted by Crippen LogP contribution is 2.39. The third-order valence-corrected chi connectivity index (χ3v) is 5.12. The molecule has 0 radical (unpaired) electrons. The quantitative estimate of drug-likeness (QED) is 0.724. The number of amides is 2. The van der Waals surface area contributed by atoms with Crippen molar-refractivity contribution in [2.45, 2.75) is 38.6 Å². The van der Waals surface area contributed by atoms with Crippen molar-refractivity contribution in [3.63, 3.8) is 0 Å². The SMILES string of the molecule is NC(=O)c1noc(CN2CCC[C@@]3(CCC(=O)N(CCCO)C3)C2)n1. The van der Waals surface area contributed by atoms with Gasteiger partial charge in [0, 0.05) is 38.1 Å². The lowest BCUT2D eigenvalue weighted by Gasteiger charge is -2.48. The van der Waals surface area contributed by atoms with Crippen molar-refractivity contribution in [1.29, 1.82) is 0 Å². The zero-order chi connectivity index (χ0) is 17.9. The maximum atomic E-state index is 12.1. The summed E-state index contributed by atoms with van der Waals surface area (Å²) in [5, 5.41) is 12.6. The van der Waals surface area contributed by atoms with Crippen molar-refractivity contribution < 1.29 is 19.2 Å². The van der Waals surface area contributed by atoms with Gasteiger partial charge in [0.15, 0.2) is 0 Å². The van der Waals surface area contributed by atoms with E-state index in [0.29, 0.717) is 31.8 Å². The smallest absolute Gasteiger partial charge is 0.290 e. The lowest BCUT2D eigenvalue weighted by molar-refractivity contribution is -0.139. The predicted octanol–water partition coefficient (Wildman–Crippen LogP) is -0.245. The van der Waals surface area contributed by atoms with Crippen molar-refractivity contribution in [2.24, 2.45) is 11.1 Å². The molecule has 25 heavy (non-hydrogen) atoms. The fraction of sp³-hybridized carbons (Fsp3) is 0.750. The Balaban J connectivity index is 1.63. The summed E-state index contributed by atoms with van der Waals surface area (Å²) in [6, 6.07) is 0. The van der Waals surface area contributed by atoms with E-state index in [1.54, 1.807) is 0 Å². The average Bonchev–Trinajstić information content (AvgIpc) is 3.05. The standard InChI is InChI=1S/C16H25N5O4/c17-14(24)15-18-12(25-19-15)9-20-6-1-4-16(10-20)5-3-13(23)21(11-16)7-2-8-22/h22H,1-11H2,(H2,17,24)/t16-/m1/s1. The van der Waals surface area contributed by atoms with Crippen LogP contribution in [0.1, 0.15) is 48.6 Å². The number of nitrogens with zero attached hydrogens (tertiary/aromatic N) is 4. The van der Waals surface area contributed by atoms with E-state index in [1.165, 1.54) is 0 Å². The zero-order valence-corrected chi connectivity index (χ0v) is 14.3. The van der Waals surface area contributed by atoms with Crippen LogP contribution in [0.15, 0.2) is 4.52 Å². The summed E-state index contributed by atoms with van der Waals surface area (Å²) >= 11 is 0. The molecule has 3 heterocycles. The number of carbonyl (C=O) groups excluding carboxylic acids is 2. The van der Waals surface area contributed by atoms with Crippen molar-refractivity contribution in [3.8, 4) is 0 Å². The molecule has 9 heteroatoms. The van der Waals surface area contributed by atoms with E-state index >= 15 is 0 Å². The van der Waals surface area contributed by atoms with Gasteiger partial charge in [0.1, 0.15) is 0 Å². The number of likely N-dealkylation sites (tertiary alicyclic amines) is 2. The maximum absolute atomic E-state index is 12.1. The third-order valence-electron chi connectivity index (χ3n) is 5.12. The van der Waals surface area contributed by atoms with Gasteiger partial charge in [-0.25, -0.2) is 0 Å². The summed E-state index contributed by atoms with van der Waals surface area (Å²) in [4.78, 5) is 31.3. The molecule has 2 fully saturated rings. The first-order valence-corrected chi connectivity index (χ1v) is 8.75. The molecule has 2 amide bonds. The number of nitrogens with two attached hydrogens (primary N) is 1. The Morgan fingerprint density at radius 1 is 1.36 bits per heavy atom. The van der Waals surface area contributed by atoms with Crippen molar-refractivity contribution in [2.75, 3.05) is 32.8 Å². The summed E-state index contributed by atoms with van der Waals surface area (Å²) in [6.45, 7) is 3.70. The second-order valence-corrected chi connectivity index (χ2v) is 7.08. The van der Waals surface area contributed by atoms with Gasteiger partial charge in [0.25, 0.3) is 11.7 Å². The lowest BCUT2D eigenvalue weighted by atomic mass is 9.73. The van der Waals surface area contributed by atoms with Crippen LogP contribution in [0.2, 0.25) is 0 Å². The molecule has 0 bridgehead atoms. The Morgan fingerprint density at radius 2 is 2.20 bits per heavy atom. The summed E-state index contributed by atoms with van der Waals surface area (Å²) < 4.78 is 5.10. The molecule has 1 aromatic rings. The molecule has 0 saturated carbocycles. The Hall–Kier alpha value is -2.00. The minimum atomic E-state index is -0.699. The number of aromatic nitrogens is 2. The monoisotopic (exact) mass is 351 g/mol. The lowest BCUT2D eigenvalue weighted by Crippen LogP contribution is -2.54. The molecule has 9 nitrogen and oxygen atoms in total. The first-order valence-electron chi connectivity index (χ1n) is 8.75. The van der Waals surface area contributed by atoms with Crippen LogP contribution in [0.4, 0.5) is 0 Å². The number of hydrogen-bond donors (Lipinski definition) is 2. The minimum absolute atomic E-state index is 0.0775. The predicted molar refractivity (Wildman–Crippen MR) is 87.3 cm³/mol. The highest BCUT2D eigenvalue weighted by Gasteiger charge is 2.41. The van der Waals surface area contributed by atoms with Gasteiger partial charge in [0.2, 0.25) is 11.8 Å². The Kier molecular flexibility index (Phi) is 5.33. The van der Waals surface area contributed by atoms with Crippen molar-refractivity contribution >= 4 is 11.8 Å². The molecule has 2 saturated heterocycles. The highest BCUT2D eigenvalue weighted by molar-refractivity contribution is 5.88. The number of piperidine rings is 2. The van der Waals surface area contributed by atoms with Crippen LogP contribution in [0.25, 0.3) is 0 Å². The second kappa shape index (κ2) is 7.49. The molecule has 0 aliphatic carbocycles. The van der Waals surface area contributed by atoms with Gasteiger partial charge in [0.05, 0.1) is 6.54 Å². The Labute approximate surface area is 146 Å². The molecule has 3 N–H and O–H groups in total. The third kappa shape index (κ3) is 4.16. The second-order valence-electron chi connectivity index (χ2n) is 7.08. The van der Waals surface area contributed by atoms with Crippen LogP contribution < -0.4 is 5.73 Å². The van der Waals surface area contributed by atoms with E-state index in [2.05, 4.69) is 15.0 Å². The first kappa shape index (κ1) is 17.8. The average molecular weight is 351 g/mol. The molecule has 2 aliphatic heterocycles. The highest BCUT2D eigenvalue weighted by atomic mass is 16.5. The molecule has 1 aromatic heterocycles. The Morgan fingerprint density at radius 3 is 2.92 bits per heavy atom. The fourth-order valence-corrected chi connectivity index (χ4v) is 3.96. The van der Waals surface area contributed by atoms with E-state index in [-0.39, 0.29) is 23.8 Å². The van der Waals surface area contributed by atoms with Gasteiger partial charge in [-0.15, -0.1) is 0 Å². The van der Waals surface area contributed by atoms with Crippen LogP contribution in [-0.4, -0.2) is 69.6 Å². The van der Waals surface area contributed by atoms with E-state index in [0.717, 1.165) is 38.9 Å². The minimum Gasteiger partial charge on any atom is -0.396 e. The summed E-state index contributed by atoms with van der Waals surface area (Å²) in [5.74, 6) is -0.232. The molecular weight excluding hydrogens is 326 g/mol. The molecule has 2 aliphatic rings. The number of carbonyl (C=O) groups is 2. The van der Waals surface area contributed by atoms with Crippen LogP contribution in [0.3, 0.4) is 0 Å². The Bertz CT molecular complexity index is 634.